The fourth-order valence-corrected chi connectivity index (χ4v) is 3.01. The van der Waals surface area contributed by atoms with Gasteiger partial charge >= 0.3 is 5.97 Å². The highest BCUT2D eigenvalue weighted by Crippen LogP contribution is 2.22. The molecule has 0 fully saturated rings. The third-order valence-electron chi connectivity index (χ3n) is 2.49. The number of aromatic nitrogens is 1. The highest BCUT2D eigenvalue weighted by Gasteiger charge is 2.29. The van der Waals surface area contributed by atoms with Gasteiger partial charge < -0.3 is 4.74 Å². The fourth-order valence-electron chi connectivity index (χ4n) is 1.37. The Labute approximate surface area is 127 Å². The van der Waals surface area contributed by atoms with Crippen molar-refractivity contribution in [1.82, 2.24) is 9.71 Å². The smallest absolute Gasteiger partial charge is 0.324 e. The van der Waals surface area contributed by atoms with Crippen molar-refractivity contribution >= 4 is 39.2 Å². The van der Waals surface area contributed by atoms with Crippen LogP contribution in [0.5, 0.6) is 0 Å². The normalized spacial score (nSPS) is 13.3. The predicted molar refractivity (Wildman–Crippen MR) is 75.2 cm³/mol. The molecule has 1 atom stereocenters. The molecule has 1 heterocycles. The van der Waals surface area contributed by atoms with E-state index >= 15 is 0 Å². The van der Waals surface area contributed by atoms with Crippen molar-refractivity contribution < 1.29 is 17.9 Å². The zero-order valence-corrected chi connectivity index (χ0v) is 13.4. The molecule has 0 radical (unpaired) electrons. The van der Waals surface area contributed by atoms with E-state index in [0.29, 0.717) is 0 Å². The number of carbonyl (C=O) groups excluding carboxylic acids is 1. The molecule has 20 heavy (non-hydrogen) atoms. The van der Waals surface area contributed by atoms with E-state index in [0.717, 1.165) is 12.3 Å². The number of nitrogens with zero attached hydrogens (tertiary/aromatic N) is 1. The van der Waals surface area contributed by atoms with Gasteiger partial charge in [-0.1, -0.05) is 37.0 Å². The van der Waals surface area contributed by atoms with E-state index in [1.165, 1.54) is 7.11 Å². The fraction of sp³-hybridized carbons (Fsp3) is 0.455. The monoisotopic (exact) mass is 340 g/mol. The molecule has 0 aromatic carbocycles. The van der Waals surface area contributed by atoms with E-state index in [2.05, 4.69) is 14.4 Å². The molecule has 0 aliphatic carbocycles. The Morgan fingerprint density at radius 2 is 2.00 bits per heavy atom. The van der Waals surface area contributed by atoms with Crippen molar-refractivity contribution in [3.8, 4) is 0 Å². The van der Waals surface area contributed by atoms with Crippen molar-refractivity contribution in [2.24, 2.45) is 5.92 Å². The first kappa shape index (κ1) is 17.2. The van der Waals surface area contributed by atoms with E-state index in [-0.39, 0.29) is 21.0 Å². The number of nitrogens with one attached hydrogen (secondary N) is 1. The second-order valence-corrected chi connectivity index (χ2v) is 6.79. The van der Waals surface area contributed by atoms with Crippen molar-refractivity contribution in [2.45, 2.75) is 24.8 Å². The number of esters is 1. The Hall–Kier alpha value is -0.890. The Kier molecular flexibility index (Phi) is 5.76. The molecule has 1 aromatic heterocycles. The molecule has 0 saturated carbocycles. The van der Waals surface area contributed by atoms with Crippen LogP contribution in [0.15, 0.2) is 17.2 Å². The molecule has 0 saturated heterocycles. The van der Waals surface area contributed by atoms with Gasteiger partial charge in [0.1, 0.15) is 16.1 Å². The van der Waals surface area contributed by atoms with Gasteiger partial charge in [-0.15, -0.1) is 0 Å². The number of hydrogen-bond acceptors (Lipinski definition) is 5. The average Bonchev–Trinajstić information content (AvgIpc) is 2.38. The number of sulfonamides is 1. The van der Waals surface area contributed by atoms with Gasteiger partial charge in [-0.25, -0.2) is 13.4 Å². The minimum atomic E-state index is -3.96. The molecule has 1 rings (SSSR count). The highest BCUT2D eigenvalue weighted by molar-refractivity contribution is 7.89. The van der Waals surface area contributed by atoms with Crippen LogP contribution in [-0.2, 0) is 19.6 Å². The minimum absolute atomic E-state index is 0.000931. The van der Waals surface area contributed by atoms with Crippen LogP contribution in [0.1, 0.15) is 13.8 Å². The van der Waals surface area contributed by atoms with Crippen LogP contribution in [0.4, 0.5) is 0 Å². The van der Waals surface area contributed by atoms with E-state index in [1.807, 2.05) is 0 Å². The maximum absolute atomic E-state index is 12.2. The van der Waals surface area contributed by atoms with Gasteiger partial charge in [0, 0.05) is 6.20 Å². The largest absolute Gasteiger partial charge is 0.468 e. The van der Waals surface area contributed by atoms with Gasteiger partial charge in [-0.3, -0.25) is 4.79 Å². The average molecular weight is 341 g/mol. The van der Waals surface area contributed by atoms with Gasteiger partial charge in [0.25, 0.3) is 0 Å². The molecule has 112 valence electrons. The number of methoxy groups -OCH3 is 1. The quantitative estimate of drug-likeness (QED) is 0.653. The third kappa shape index (κ3) is 4.05. The Balaban J connectivity index is 3.09. The maximum atomic E-state index is 12.2. The topological polar surface area (TPSA) is 85.4 Å². The van der Waals surface area contributed by atoms with Gasteiger partial charge in [0.2, 0.25) is 10.0 Å². The number of carbonyl (C=O) groups is 1. The van der Waals surface area contributed by atoms with Crippen molar-refractivity contribution in [3.05, 3.63) is 22.4 Å². The molecule has 1 N–H and O–H groups in total. The van der Waals surface area contributed by atoms with Crippen LogP contribution in [-0.4, -0.2) is 32.5 Å². The van der Waals surface area contributed by atoms with Gasteiger partial charge in [0.15, 0.2) is 0 Å². The SMILES string of the molecule is COC(=O)[C@@H](NS(=O)(=O)c1cnc(Cl)c(Cl)c1)C(C)C. The summed E-state index contributed by atoms with van der Waals surface area (Å²) in [7, 11) is -2.77. The summed E-state index contributed by atoms with van der Waals surface area (Å²) in [6, 6.07) is 0.160. The summed E-state index contributed by atoms with van der Waals surface area (Å²) in [6.45, 7) is 3.38. The van der Waals surface area contributed by atoms with E-state index in [9.17, 15) is 13.2 Å². The van der Waals surface area contributed by atoms with Crippen LogP contribution in [0, 0.1) is 5.92 Å². The van der Waals surface area contributed by atoms with Gasteiger partial charge in [0.05, 0.1) is 12.1 Å². The number of halogens is 2. The lowest BCUT2D eigenvalue weighted by molar-refractivity contribution is -0.143. The Morgan fingerprint density at radius 1 is 1.40 bits per heavy atom. The highest BCUT2D eigenvalue weighted by atomic mass is 35.5. The van der Waals surface area contributed by atoms with Gasteiger partial charge in [-0.05, 0) is 12.0 Å². The lowest BCUT2D eigenvalue weighted by Crippen LogP contribution is -2.44. The Morgan fingerprint density at radius 3 is 2.45 bits per heavy atom. The van der Waals surface area contributed by atoms with E-state index in [1.54, 1.807) is 13.8 Å². The molecule has 0 aliphatic rings. The first-order valence-corrected chi connectivity index (χ1v) is 7.84. The van der Waals surface area contributed by atoms with Crippen LogP contribution in [0.3, 0.4) is 0 Å². The summed E-state index contributed by atoms with van der Waals surface area (Å²) in [4.78, 5) is 15.1. The molecule has 9 heteroatoms. The summed E-state index contributed by atoms with van der Waals surface area (Å²) >= 11 is 11.4. The first-order chi connectivity index (χ1) is 9.19. The summed E-state index contributed by atoms with van der Waals surface area (Å²) in [5.74, 6) is -0.954. The lowest BCUT2D eigenvalue weighted by Gasteiger charge is -2.19. The van der Waals surface area contributed by atoms with Gasteiger partial charge in [-0.2, -0.15) is 4.72 Å². The zero-order valence-electron chi connectivity index (χ0n) is 11.1. The van der Waals surface area contributed by atoms with Crippen LogP contribution in [0.25, 0.3) is 0 Å². The standard InChI is InChI=1S/C11H14Cl2N2O4S/c1-6(2)9(11(16)19-3)15-20(17,18)7-4-8(12)10(13)14-5-7/h4-6,9,15H,1-3H3/t9-/m0/s1. The second kappa shape index (κ2) is 6.71. The number of rotatable bonds is 5. The molecule has 0 aliphatic heterocycles. The van der Waals surface area contributed by atoms with Crippen LogP contribution >= 0.6 is 23.2 Å². The zero-order chi connectivity index (χ0) is 15.5. The van der Waals surface area contributed by atoms with E-state index in [4.69, 9.17) is 23.2 Å². The molecule has 1 aromatic rings. The van der Waals surface area contributed by atoms with E-state index < -0.39 is 22.0 Å². The number of ether oxygens (including phenoxy) is 1. The maximum Gasteiger partial charge on any atom is 0.324 e. The van der Waals surface area contributed by atoms with Crippen LogP contribution < -0.4 is 4.72 Å². The molecule has 0 unspecified atom stereocenters. The summed E-state index contributed by atoms with van der Waals surface area (Å²) in [6.07, 6.45) is 1.06. The minimum Gasteiger partial charge on any atom is -0.468 e. The molecule has 0 spiro atoms. The van der Waals surface area contributed by atoms with Crippen molar-refractivity contribution in [3.63, 3.8) is 0 Å². The van der Waals surface area contributed by atoms with Crippen molar-refractivity contribution in [2.75, 3.05) is 7.11 Å². The Bertz CT molecular complexity index is 604. The predicted octanol–water partition coefficient (Wildman–Crippen LogP) is 1.86. The third-order valence-corrected chi connectivity index (χ3v) is 4.58. The summed E-state index contributed by atoms with van der Waals surface area (Å²) < 4.78 is 31.2. The molecular formula is C11H14Cl2N2O4S. The summed E-state index contributed by atoms with van der Waals surface area (Å²) in [5, 5.41) is 0.00713. The first-order valence-electron chi connectivity index (χ1n) is 5.60. The number of hydrogen-bond donors (Lipinski definition) is 1. The summed E-state index contributed by atoms with van der Waals surface area (Å²) in [5.41, 5.74) is 0. The molecule has 0 amide bonds. The molecule has 0 bridgehead atoms. The molecule has 6 nitrogen and oxygen atoms in total. The second-order valence-electron chi connectivity index (χ2n) is 4.31. The van der Waals surface area contributed by atoms with Crippen LogP contribution in [0.2, 0.25) is 10.2 Å². The number of pyridine rings is 1. The molecular weight excluding hydrogens is 327 g/mol. The van der Waals surface area contributed by atoms with Crippen molar-refractivity contribution in [1.29, 1.82) is 0 Å². The lowest BCUT2D eigenvalue weighted by atomic mass is 10.1.